The first-order valence-corrected chi connectivity index (χ1v) is 16.1. The van der Waals surface area contributed by atoms with Crippen molar-refractivity contribution >= 4 is 35.0 Å². The normalized spacial score (nSPS) is 14.1. The number of amides is 2. The second-order valence-electron chi connectivity index (χ2n) is 11.0. The number of ether oxygens (including phenoxy) is 2. The van der Waals surface area contributed by atoms with E-state index in [0.29, 0.717) is 47.6 Å². The van der Waals surface area contributed by atoms with Gasteiger partial charge in [0.05, 0.1) is 23.3 Å². The Morgan fingerprint density at radius 1 is 0.837 bits per heavy atom. The van der Waals surface area contributed by atoms with Crippen LogP contribution in [0.3, 0.4) is 0 Å². The fourth-order valence-corrected chi connectivity index (χ4v) is 5.90. The molecule has 3 aromatic carbocycles. The van der Waals surface area contributed by atoms with Crippen molar-refractivity contribution in [2.24, 2.45) is 0 Å². The van der Waals surface area contributed by atoms with Crippen molar-refractivity contribution < 1.29 is 19.1 Å². The summed E-state index contributed by atoms with van der Waals surface area (Å²) in [6, 6.07) is 20.4. The van der Waals surface area contributed by atoms with Gasteiger partial charge in [0.2, 0.25) is 11.8 Å². The van der Waals surface area contributed by atoms with Crippen LogP contribution >= 0.6 is 23.2 Å². The molecular weight excluding hydrogens is 583 g/mol. The average Bonchev–Trinajstić information content (AvgIpc) is 3.01. The molecule has 0 heterocycles. The number of rotatable bonds is 14. The lowest BCUT2D eigenvalue weighted by molar-refractivity contribution is -0.141. The third kappa shape index (κ3) is 9.64. The molecule has 2 amide bonds. The summed E-state index contributed by atoms with van der Waals surface area (Å²) >= 11 is 12.6. The van der Waals surface area contributed by atoms with Crippen LogP contribution in [0, 0.1) is 0 Å². The van der Waals surface area contributed by atoms with E-state index < -0.39 is 6.04 Å². The number of halogens is 2. The summed E-state index contributed by atoms with van der Waals surface area (Å²) < 4.78 is 11.5. The second-order valence-corrected chi connectivity index (χ2v) is 11.8. The van der Waals surface area contributed by atoms with Crippen LogP contribution in [0.15, 0.2) is 66.7 Å². The number of benzene rings is 3. The van der Waals surface area contributed by atoms with E-state index in [1.54, 1.807) is 17.0 Å². The first-order chi connectivity index (χ1) is 20.9. The van der Waals surface area contributed by atoms with Crippen molar-refractivity contribution in [1.82, 2.24) is 10.2 Å². The van der Waals surface area contributed by atoms with Gasteiger partial charge in [0.15, 0.2) is 11.5 Å². The number of carbonyl (C=O) groups is 2. The molecule has 1 fully saturated rings. The van der Waals surface area contributed by atoms with Gasteiger partial charge in [-0.05, 0) is 74.1 Å². The van der Waals surface area contributed by atoms with Crippen LogP contribution in [0.5, 0.6) is 11.5 Å². The summed E-state index contributed by atoms with van der Waals surface area (Å²) in [4.78, 5) is 29.8. The predicted octanol–water partition coefficient (Wildman–Crippen LogP) is 7.81. The highest BCUT2D eigenvalue weighted by Gasteiger charge is 2.32. The van der Waals surface area contributed by atoms with E-state index in [2.05, 4.69) is 5.32 Å². The molecule has 1 atom stereocenters. The number of hydrogen-bond acceptors (Lipinski definition) is 4. The van der Waals surface area contributed by atoms with Gasteiger partial charge in [0, 0.05) is 25.4 Å². The maximum atomic E-state index is 14.1. The van der Waals surface area contributed by atoms with Crippen molar-refractivity contribution in [2.75, 3.05) is 13.2 Å². The van der Waals surface area contributed by atoms with Crippen LogP contribution in [0.2, 0.25) is 10.0 Å². The summed E-state index contributed by atoms with van der Waals surface area (Å²) in [6.07, 6.45) is 6.45. The van der Waals surface area contributed by atoms with Gasteiger partial charge in [-0.1, -0.05) is 84.9 Å². The van der Waals surface area contributed by atoms with Crippen LogP contribution in [0.25, 0.3) is 0 Å². The molecule has 0 bridgehead atoms. The van der Waals surface area contributed by atoms with E-state index in [9.17, 15) is 9.59 Å². The van der Waals surface area contributed by atoms with Crippen molar-refractivity contribution in [1.29, 1.82) is 0 Å². The van der Waals surface area contributed by atoms with Crippen molar-refractivity contribution in [2.45, 2.75) is 83.8 Å². The van der Waals surface area contributed by atoms with Crippen molar-refractivity contribution in [3.8, 4) is 11.5 Å². The molecule has 43 heavy (non-hydrogen) atoms. The van der Waals surface area contributed by atoms with E-state index in [1.807, 2.05) is 68.4 Å². The van der Waals surface area contributed by atoms with Gasteiger partial charge >= 0.3 is 0 Å². The average molecular weight is 626 g/mol. The number of hydrogen-bond donors (Lipinski definition) is 1. The molecule has 0 aliphatic heterocycles. The first-order valence-electron chi connectivity index (χ1n) is 15.3. The maximum absolute atomic E-state index is 14.1. The first kappa shape index (κ1) is 32.7. The second kappa shape index (κ2) is 16.6. The topological polar surface area (TPSA) is 67.9 Å². The van der Waals surface area contributed by atoms with Crippen molar-refractivity contribution in [3.63, 3.8) is 0 Å². The van der Waals surface area contributed by atoms with Gasteiger partial charge in [-0.15, -0.1) is 0 Å². The zero-order valence-corrected chi connectivity index (χ0v) is 26.6. The molecule has 1 saturated carbocycles. The zero-order valence-electron chi connectivity index (χ0n) is 25.1. The molecule has 0 unspecified atom stereocenters. The quantitative estimate of drug-likeness (QED) is 0.199. The van der Waals surface area contributed by atoms with Crippen molar-refractivity contribution in [3.05, 3.63) is 93.5 Å². The smallest absolute Gasteiger partial charge is 0.243 e. The van der Waals surface area contributed by atoms with Gasteiger partial charge in [-0.2, -0.15) is 0 Å². The monoisotopic (exact) mass is 624 g/mol. The Kier molecular flexibility index (Phi) is 12.6. The molecule has 1 aliphatic carbocycles. The van der Waals surface area contributed by atoms with Gasteiger partial charge in [-0.3, -0.25) is 9.59 Å². The minimum Gasteiger partial charge on any atom is -0.490 e. The molecule has 0 spiro atoms. The molecule has 1 N–H and O–H groups in total. The minimum atomic E-state index is -0.689. The number of carbonyl (C=O) groups excluding carboxylic acids is 2. The van der Waals surface area contributed by atoms with Crippen LogP contribution in [0.4, 0.5) is 0 Å². The SMILES string of the molecule is CCOc1ccc(CCC(=O)N(Cc2ccc(Cl)c(Cl)c2)[C@@H](Cc2ccccc2)C(=O)NC2CCCCC2)cc1OCC. The van der Waals surface area contributed by atoms with Gasteiger partial charge < -0.3 is 19.7 Å². The molecular formula is C35H42Cl2N2O4. The van der Waals surface area contributed by atoms with E-state index >= 15 is 0 Å². The fraction of sp³-hybridized carbons (Fsp3) is 0.429. The number of nitrogens with zero attached hydrogens (tertiary/aromatic N) is 1. The molecule has 4 rings (SSSR count). The van der Waals surface area contributed by atoms with E-state index in [4.69, 9.17) is 32.7 Å². The highest BCUT2D eigenvalue weighted by atomic mass is 35.5. The molecule has 3 aromatic rings. The number of nitrogens with one attached hydrogen (secondary N) is 1. The third-order valence-electron chi connectivity index (χ3n) is 7.79. The lowest BCUT2D eigenvalue weighted by Crippen LogP contribution is -2.52. The summed E-state index contributed by atoms with van der Waals surface area (Å²) in [5.41, 5.74) is 2.76. The zero-order chi connectivity index (χ0) is 30.6. The molecule has 0 radical (unpaired) electrons. The maximum Gasteiger partial charge on any atom is 0.243 e. The highest BCUT2D eigenvalue weighted by molar-refractivity contribution is 6.42. The van der Waals surface area contributed by atoms with Gasteiger partial charge in [-0.25, -0.2) is 0 Å². The molecule has 1 aliphatic rings. The molecule has 0 saturated heterocycles. The summed E-state index contributed by atoms with van der Waals surface area (Å²) in [5, 5.41) is 4.14. The summed E-state index contributed by atoms with van der Waals surface area (Å²) in [6.45, 7) is 5.14. The molecule has 230 valence electrons. The Labute approximate surface area is 265 Å². The fourth-order valence-electron chi connectivity index (χ4n) is 5.58. The summed E-state index contributed by atoms with van der Waals surface area (Å²) in [5.74, 6) is 1.11. The Bertz CT molecular complexity index is 1340. The van der Waals surface area contributed by atoms with Crippen LogP contribution in [0.1, 0.15) is 69.1 Å². The Morgan fingerprint density at radius 2 is 1.53 bits per heavy atom. The minimum absolute atomic E-state index is 0.113. The summed E-state index contributed by atoms with van der Waals surface area (Å²) in [7, 11) is 0. The van der Waals surface area contributed by atoms with Gasteiger partial charge in [0.1, 0.15) is 6.04 Å². The Morgan fingerprint density at radius 3 is 2.23 bits per heavy atom. The molecule has 8 heteroatoms. The molecule has 6 nitrogen and oxygen atoms in total. The lowest BCUT2D eigenvalue weighted by Gasteiger charge is -2.33. The lowest BCUT2D eigenvalue weighted by atomic mass is 9.94. The molecule has 0 aromatic heterocycles. The van der Waals surface area contributed by atoms with Crippen LogP contribution in [-0.2, 0) is 29.0 Å². The van der Waals surface area contributed by atoms with E-state index in [-0.39, 0.29) is 30.8 Å². The van der Waals surface area contributed by atoms with E-state index in [0.717, 1.165) is 42.4 Å². The Hall–Kier alpha value is -3.22. The number of aryl methyl sites for hydroxylation is 1. The van der Waals surface area contributed by atoms with Crippen LogP contribution < -0.4 is 14.8 Å². The van der Waals surface area contributed by atoms with Crippen LogP contribution in [-0.4, -0.2) is 42.0 Å². The predicted molar refractivity (Wildman–Crippen MR) is 173 cm³/mol. The largest absolute Gasteiger partial charge is 0.490 e. The highest BCUT2D eigenvalue weighted by Crippen LogP contribution is 2.30. The van der Waals surface area contributed by atoms with Gasteiger partial charge in [0.25, 0.3) is 0 Å². The Balaban J connectivity index is 1.62. The standard InChI is InChI=1S/C35H42Cl2N2O4/c1-3-42-32-19-16-26(23-33(32)43-4-2)17-20-34(40)39(24-27-15-18-29(36)30(37)21-27)31(22-25-11-7-5-8-12-25)35(41)38-28-13-9-6-10-14-28/h5,7-8,11-12,15-16,18-19,21,23,28,31H,3-4,6,9-10,13-14,17,20,22,24H2,1-2H3,(H,38,41)/t31-/m0/s1. The van der Waals surface area contributed by atoms with E-state index in [1.165, 1.54) is 6.42 Å². The third-order valence-corrected chi connectivity index (χ3v) is 8.53.